The van der Waals surface area contributed by atoms with E-state index in [1.54, 1.807) is 17.8 Å². The van der Waals surface area contributed by atoms with Crippen LogP contribution in [0.4, 0.5) is 0 Å². The molecule has 118 valence electrons. The largest absolute Gasteiger partial charge is 0.482 e. The van der Waals surface area contributed by atoms with Crippen LogP contribution in [-0.4, -0.2) is 46.0 Å². The van der Waals surface area contributed by atoms with Gasteiger partial charge in [0.15, 0.2) is 12.1 Å². The minimum Gasteiger partial charge on any atom is -0.482 e. The summed E-state index contributed by atoms with van der Waals surface area (Å²) < 4.78 is 18.1. The third kappa shape index (κ3) is 2.96. The van der Waals surface area contributed by atoms with Crippen molar-refractivity contribution in [3.05, 3.63) is 30.2 Å². The molecule has 1 N–H and O–H groups in total. The Morgan fingerprint density at radius 3 is 3.09 bits per heavy atom. The second-order valence-corrected chi connectivity index (χ2v) is 5.07. The summed E-state index contributed by atoms with van der Waals surface area (Å²) in [5.41, 5.74) is 0.554. The lowest BCUT2D eigenvalue weighted by Gasteiger charge is -2.19. The number of nitrogens with one attached hydrogen (secondary N) is 1. The molecule has 1 saturated heterocycles. The number of amides is 1. The highest BCUT2D eigenvalue weighted by Gasteiger charge is 2.33. The summed E-state index contributed by atoms with van der Waals surface area (Å²) in [5, 5.41) is 7.02. The fourth-order valence-electron chi connectivity index (χ4n) is 2.29. The lowest BCUT2D eigenvalue weighted by molar-refractivity contribution is 0.0875. The maximum absolute atomic E-state index is 12.2. The molecule has 0 saturated carbocycles. The normalized spacial score (nSPS) is 21.0. The summed E-state index contributed by atoms with van der Waals surface area (Å²) in [6.45, 7) is 5.30. The zero-order valence-corrected chi connectivity index (χ0v) is 12.5. The van der Waals surface area contributed by atoms with Crippen LogP contribution in [0, 0.1) is 6.92 Å². The van der Waals surface area contributed by atoms with Gasteiger partial charge in [-0.25, -0.2) is 4.98 Å². The second kappa shape index (κ2) is 6.18. The number of aromatic nitrogens is 3. The van der Waals surface area contributed by atoms with Crippen LogP contribution in [0.3, 0.4) is 0 Å². The Bertz CT molecular complexity index is 651. The Balaban J connectivity index is 1.63. The Kier molecular flexibility index (Phi) is 4.10. The van der Waals surface area contributed by atoms with E-state index in [1.807, 2.05) is 13.1 Å². The van der Waals surface area contributed by atoms with Crippen LogP contribution in [-0.2, 0) is 11.3 Å². The zero-order valence-electron chi connectivity index (χ0n) is 12.5. The lowest BCUT2D eigenvalue weighted by atomic mass is 10.2. The van der Waals surface area contributed by atoms with Crippen LogP contribution in [0.25, 0.3) is 0 Å². The predicted molar refractivity (Wildman–Crippen MR) is 75.6 cm³/mol. The molecule has 2 aromatic heterocycles. The van der Waals surface area contributed by atoms with Crippen molar-refractivity contribution in [1.82, 2.24) is 20.1 Å². The van der Waals surface area contributed by atoms with E-state index in [-0.39, 0.29) is 23.8 Å². The van der Waals surface area contributed by atoms with Crippen LogP contribution in [0.1, 0.15) is 23.2 Å². The molecule has 0 aliphatic carbocycles. The fourth-order valence-corrected chi connectivity index (χ4v) is 2.29. The second-order valence-electron chi connectivity index (χ2n) is 5.07. The molecule has 3 heterocycles. The molecule has 1 amide bonds. The average Bonchev–Trinajstić information content (AvgIpc) is 3.22. The number of nitrogens with zero attached hydrogens (tertiary/aromatic N) is 3. The highest BCUT2D eigenvalue weighted by molar-refractivity contribution is 5.92. The number of oxazole rings is 1. The number of aryl methyl sites for hydroxylation is 2. The van der Waals surface area contributed by atoms with E-state index in [1.165, 1.54) is 6.39 Å². The third-order valence-electron chi connectivity index (χ3n) is 3.52. The number of rotatable bonds is 5. The van der Waals surface area contributed by atoms with E-state index >= 15 is 0 Å². The van der Waals surface area contributed by atoms with Gasteiger partial charge in [-0.05, 0) is 13.8 Å². The molecule has 0 radical (unpaired) electrons. The van der Waals surface area contributed by atoms with Crippen molar-refractivity contribution in [1.29, 1.82) is 0 Å². The Morgan fingerprint density at radius 2 is 2.41 bits per heavy atom. The maximum atomic E-state index is 12.2. The molecule has 0 aromatic carbocycles. The molecule has 0 bridgehead atoms. The highest BCUT2D eigenvalue weighted by Crippen LogP contribution is 2.17. The van der Waals surface area contributed by atoms with Crippen LogP contribution in [0.5, 0.6) is 5.75 Å². The summed E-state index contributed by atoms with van der Waals surface area (Å²) in [6, 6.07) is -0.248. The molecule has 8 heteroatoms. The van der Waals surface area contributed by atoms with E-state index in [0.29, 0.717) is 24.7 Å². The molecule has 1 fully saturated rings. The molecular weight excluding hydrogens is 288 g/mol. The quantitative estimate of drug-likeness (QED) is 0.877. The molecule has 1 aliphatic heterocycles. The first kappa shape index (κ1) is 14.6. The monoisotopic (exact) mass is 306 g/mol. The first-order chi connectivity index (χ1) is 10.7. The lowest BCUT2D eigenvalue weighted by Crippen LogP contribution is -2.45. The van der Waals surface area contributed by atoms with Gasteiger partial charge >= 0.3 is 0 Å². The summed E-state index contributed by atoms with van der Waals surface area (Å²) >= 11 is 0. The summed E-state index contributed by atoms with van der Waals surface area (Å²) in [4.78, 5) is 16.1. The van der Waals surface area contributed by atoms with E-state index < -0.39 is 0 Å². The van der Waals surface area contributed by atoms with Crippen molar-refractivity contribution in [3.8, 4) is 5.75 Å². The summed E-state index contributed by atoms with van der Waals surface area (Å²) in [7, 11) is 0. The molecule has 0 unspecified atom stereocenters. The SMILES string of the molecule is CCn1cc(O[C@@H]2COC[C@@H]2NC(=O)c2ocnc2C)cn1. The Labute approximate surface area is 127 Å². The van der Waals surface area contributed by atoms with Gasteiger partial charge in [0, 0.05) is 6.54 Å². The third-order valence-corrected chi connectivity index (χ3v) is 3.52. The molecular formula is C14H18N4O4. The number of carbonyl (C=O) groups is 1. The minimum absolute atomic E-state index is 0.212. The number of ether oxygens (including phenoxy) is 2. The standard InChI is InChI=1S/C14H18N4O4/c1-3-18-5-10(4-16-18)22-12-7-20-6-11(12)17-14(19)13-9(2)15-8-21-13/h4-5,8,11-12H,3,6-7H2,1-2H3,(H,17,19)/t11-,12+/m0/s1. The van der Waals surface area contributed by atoms with E-state index in [9.17, 15) is 4.79 Å². The highest BCUT2D eigenvalue weighted by atomic mass is 16.5. The molecule has 2 aromatic rings. The van der Waals surface area contributed by atoms with Gasteiger partial charge in [-0.15, -0.1) is 0 Å². The first-order valence-corrected chi connectivity index (χ1v) is 7.15. The smallest absolute Gasteiger partial charge is 0.289 e. The average molecular weight is 306 g/mol. The first-order valence-electron chi connectivity index (χ1n) is 7.15. The molecule has 1 aliphatic rings. The minimum atomic E-state index is -0.316. The van der Waals surface area contributed by atoms with Gasteiger partial charge in [0.2, 0.25) is 5.76 Å². The zero-order chi connectivity index (χ0) is 15.5. The van der Waals surface area contributed by atoms with Crippen molar-refractivity contribution >= 4 is 5.91 Å². The Hall–Kier alpha value is -2.35. The maximum Gasteiger partial charge on any atom is 0.289 e. The van der Waals surface area contributed by atoms with Crippen LogP contribution in [0.2, 0.25) is 0 Å². The van der Waals surface area contributed by atoms with Gasteiger partial charge in [-0.1, -0.05) is 0 Å². The van der Waals surface area contributed by atoms with Crippen molar-refractivity contribution in [2.45, 2.75) is 32.5 Å². The van der Waals surface area contributed by atoms with Gasteiger partial charge < -0.3 is 19.2 Å². The summed E-state index contributed by atoms with van der Waals surface area (Å²) in [6.07, 6.45) is 4.46. The van der Waals surface area contributed by atoms with Gasteiger partial charge in [-0.2, -0.15) is 5.10 Å². The van der Waals surface area contributed by atoms with Crippen molar-refractivity contribution in [2.24, 2.45) is 0 Å². The molecule has 2 atom stereocenters. The number of hydrogen-bond acceptors (Lipinski definition) is 6. The van der Waals surface area contributed by atoms with Crippen molar-refractivity contribution in [2.75, 3.05) is 13.2 Å². The number of carbonyl (C=O) groups excluding carboxylic acids is 1. The molecule has 0 spiro atoms. The van der Waals surface area contributed by atoms with Gasteiger partial charge in [0.25, 0.3) is 5.91 Å². The van der Waals surface area contributed by atoms with Crippen molar-refractivity contribution < 1.29 is 18.7 Å². The van der Waals surface area contributed by atoms with E-state index in [2.05, 4.69) is 15.4 Å². The topological polar surface area (TPSA) is 91.4 Å². The Morgan fingerprint density at radius 1 is 1.55 bits per heavy atom. The van der Waals surface area contributed by atoms with Crippen LogP contribution in [0.15, 0.2) is 23.2 Å². The molecule has 22 heavy (non-hydrogen) atoms. The van der Waals surface area contributed by atoms with Gasteiger partial charge in [-0.3, -0.25) is 9.48 Å². The van der Waals surface area contributed by atoms with Gasteiger partial charge in [0.1, 0.15) is 6.10 Å². The van der Waals surface area contributed by atoms with E-state index in [4.69, 9.17) is 13.9 Å². The van der Waals surface area contributed by atoms with Gasteiger partial charge in [0.05, 0.1) is 37.3 Å². The van der Waals surface area contributed by atoms with Crippen LogP contribution < -0.4 is 10.1 Å². The molecule has 8 nitrogen and oxygen atoms in total. The van der Waals surface area contributed by atoms with Crippen molar-refractivity contribution in [3.63, 3.8) is 0 Å². The predicted octanol–water partition coefficient (Wildman–Crippen LogP) is 0.776. The number of hydrogen-bond donors (Lipinski definition) is 1. The van der Waals surface area contributed by atoms with E-state index in [0.717, 1.165) is 6.54 Å². The van der Waals surface area contributed by atoms with Crippen LogP contribution >= 0.6 is 0 Å². The fraction of sp³-hybridized carbons (Fsp3) is 0.500. The summed E-state index contributed by atoms with van der Waals surface area (Å²) in [5.74, 6) is 0.556. The molecule has 3 rings (SSSR count).